The van der Waals surface area contributed by atoms with E-state index in [-0.39, 0.29) is 5.91 Å². The highest BCUT2D eigenvalue weighted by atomic mass is 16.5. The Hall–Kier alpha value is -2.49. The number of benzene rings is 2. The van der Waals surface area contributed by atoms with Gasteiger partial charge in [0.1, 0.15) is 5.75 Å². The minimum absolute atomic E-state index is 0.153. The predicted molar refractivity (Wildman–Crippen MR) is 81.2 cm³/mol. The highest BCUT2D eigenvalue weighted by molar-refractivity contribution is 6.06. The fourth-order valence-corrected chi connectivity index (χ4v) is 2.02. The van der Waals surface area contributed by atoms with E-state index in [9.17, 15) is 4.79 Å². The van der Waals surface area contributed by atoms with Crippen LogP contribution in [0.4, 0.5) is 11.4 Å². The second-order valence-corrected chi connectivity index (χ2v) is 4.42. The lowest BCUT2D eigenvalue weighted by molar-refractivity contribution is 0.102. The molecule has 0 fully saturated rings. The average molecular weight is 270 g/mol. The number of carbonyl (C=O) groups is 1. The molecule has 1 amide bonds. The molecule has 0 heterocycles. The number of methoxy groups -OCH3 is 1. The Morgan fingerprint density at radius 2 is 2.00 bits per heavy atom. The Labute approximate surface area is 118 Å². The molecule has 104 valence electrons. The smallest absolute Gasteiger partial charge is 0.255 e. The van der Waals surface area contributed by atoms with Crippen molar-refractivity contribution < 1.29 is 9.53 Å². The molecule has 0 saturated carbocycles. The molecule has 0 radical (unpaired) electrons. The normalized spacial score (nSPS) is 10.1. The van der Waals surface area contributed by atoms with E-state index in [1.165, 1.54) is 0 Å². The fraction of sp³-hybridized carbons (Fsp3) is 0.188. The molecule has 0 aliphatic rings. The zero-order valence-corrected chi connectivity index (χ0v) is 11.6. The Bertz CT molecular complexity index is 624. The molecule has 4 heteroatoms. The number of rotatable bonds is 4. The van der Waals surface area contributed by atoms with E-state index in [0.717, 1.165) is 12.0 Å². The standard InChI is InChI=1S/C16H18N2O2/c1-3-11-6-4-5-7-13(11)16(19)18-15-9-8-12(20-2)10-14(15)17/h4-10H,3,17H2,1-2H3,(H,18,19). The number of hydrogen-bond acceptors (Lipinski definition) is 3. The van der Waals surface area contributed by atoms with Crippen LogP contribution in [0.1, 0.15) is 22.8 Å². The topological polar surface area (TPSA) is 64.3 Å². The summed E-state index contributed by atoms with van der Waals surface area (Å²) in [5.41, 5.74) is 8.65. The molecular formula is C16H18N2O2. The van der Waals surface area contributed by atoms with Gasteiger partial charge >= 0.3 is 0 Å². The number of hydrogen-bond donors (Lipinski definition) is 2. The van der Waals surface area contributed by atoms with E-state index in [0.29, 0.717) is 22.7 Å². The van der Waals surface area contributed by atoms with Gasteiger partial charge in [-0.25, -0.2) is 0 Å². The second-order valence-electron chi connectivity index (χ2n) is 4.42. The zero-order chi connectivity index (χ0) is 14.5. The lowest BCUT2D eigenvalue weighted by Gasteiger charge is -2.11. The number of nitrogens with one attached hydrogen (secondary N) is 1. The van der Waals surface area contributed by atoms with Gasteiger partial charge in [-0.3, -0.25) is 4.79 Å². The van der Waals surface area contributed by atoms with E-state index in [1.54, 1.807) is 25.3 Å². The van der Waals surface area contributed by atoms with Crippen molar-refractivity contribution in [1.29, 1.82) is 0 Å². The number of carbonyl (C=O) groups excluding carboxylic acids is 1. The van der Waals surface area contributed by atoms with Gasteiger partial charge in [-0.1, -0.05) is 25.1 Å². The SMILES string of the molecule is CCc1ccccc1C(=O)Nc1ccc(OC)cc1N. The number of anilines is 2. The van der Waals surface area contributed by atoms with Gasteiger partial charge in [0, 0.05) is 11.6 Å². The van der Waals surface area contributed by atoms with Crippen LogP contribution in [0.5, 0.6) is 5.75 Å². The Balaban J connectivity index is 2.23. The van der Waals surface area contributed by atoms with Crippen molar-refractivity contribution >= 4 is 17.3 Å². The first-order valence-electron chi connectivity index (χ1n) is 6.48. The number of aryl methyl sites for hydroxylation is 1. The molecule has 0 unspecified atom stereocenters. The van der Waals surface area contributed by atoms with Gasteiger partial charge in [0.05, 0.1) is 18.5 Å². The first-order valence-corrected chi connectivity index (χ1v) is 6.48. The van der Waals surface area contributed by atoms with E-state index >= 15 is 0 Å². The summed E-state index contributed by atoms with van der Waals surface area (Å²) in [5, 5.41) is 2.83. The molecule has 2 rings (SSSR count). The van der Waals surface area contributed by atoms with Crippen LogP contribution in [-0.2, 0) is 6.42 Å². The van der Waals surface area contributed by atoms with E-state index < -0.39 is 0 Å². The van der Waals surface area contributed by atoms with Crippen LogP contribution >= 0.6 is 0 Å². The summed E-state index contributed by atoms with van der Waals surface area (Å²) in [7, 11) is 1.57. The van der Waals surface area contributed by atoms with Gasteiger partial charge < -0.3 is 15.8 Å². The van der Waals surface area contributed by atoms with Crippen molar-refractivity contribution in [3.8, 4) is 5.75 Å². The molecule has 0 aliphatic carbocycles. The van der Waals surface area contributed by atoms with Crippen LogP contribution in [-0.4, -0.2) is 13.0 Å². The van der Waals surface area contributed by atoms with Gasteiger partial charge in [0.2, 0.25) is 0 Å². The molecule has 2 aromatic rings. The molecular weight excluding hydrogens is 252 g/mol. The Morgan fingerprint density at radius 1 is 1.25 bits per heavy atom. The number of nitrogens with two attached hydrogens (primary N) is 1. The monoisotopic (exact) mass is 270 g/mol. The molecule has 2 aromatic carbocycles. The predicted octanol–water partition coefficient (Wildman–Crippen LogP) is 3.09. The van der Waals surface area contributed by atoms with Crippen LogP contribution in [0.2, 0.25) is 0 Å². The highest BCUT2D eigenvalue weighted by Crippen LogP contribution is 2.24. The summed E-state index contributed by atoms with van der Waals surface area (Å²) >= 11 is 0. The van der Waals surface area contributed by atoms with Crippen LogP contribution < -0.4 is 15.8 Å². The van der Waals surface area contributed by atoms with Crippen molar-refractivity contribution in [2.75, 3.05) is 18.2 Å². The second kappa shape index (κ2) is 6.10. The third kappa shape index (κ3) is 2.91. The first-order chi connectivity index (χ1) is 9.65. The summed E-state index contributed by atoms with van der Waals surface area (Å²) in [5.74, 6) is 0.508. The van der Waals surface area contributed by atoms with Gasteiger partial charge in [-0.2, -0.15) is 0 Å². The maximum Gasteiger partial charge on any atom is 0.255 e. The summed E-state index contributed by atoms with van der Waals surface area (Å²) in [6.45, 7) is 2.02. The van der Waals surface area contributed by atoms with E-state index in [4.69, 9.17) is 10.5 Å². The minimum Gasteiger partial charge on any atom is -0.497 e. The molecule has 3 N–H and O–H groups in total. The Morgan fingerprint density at radius 3 is 2.65 bits per heavy atom. The summed E-state index contributed by atoms with van der Waals surface area (Å²) in [4.78, 5) is 12.3. The summed E-state index contributed by atoms with van der Waals surface area (Å²) in [6, 6.07) is 12.7. The van der Waals surface area contributed by atoms with Crippen LogP contribution in [0.25, 0.3) is 0 Å². The van der Waals surface area contributed by atoms with E-state index in [2.05, 4.69) is 5.32 Å². The lowest BCUT2D eigenvalue weighted by Crippen LogP contribution is -2.15. The fourth-order valence-electron chi connectivity index (χ4n) is 2.02. The third-order valence-electron chi connectivity index (χ3n) is 3.15. The summed E-state index contributed by atoms with van der Waals surface area (Å²) in [6.07, 6.45) is 0.807. The van der Waals surface area contributed by atoms with Gasteiger partial charge in [0.15, 0.2) is 0 Å². The number of amides is 1. The Kier molecular flexibility index (Phi) is 4.25. The van der Waals surface area contributed by atoms with Crippen molar-refractivity contribution in [1.82, 2.24) is 0 Å². The first kappa shape index (κ1) is 13.9. The van der Waals surface area contributed by atoms with Gasteiger partial charge in [-0.15, -0.1) is 0 Å². The maximum atomic E-state index is 12.3. The minimum atomic E-state index is -0.153. The van der Waals surface area contributed by atoms with Crippen molar-refractivity contribution in [3.63, 3.8) is 0 Å². The van der Waals surface area contributed by atoms with E-state index in [1.807, 2.05) is 31.2 Å². The molecule has 0 aliphatic heterocycles. The van der Waals surface area contributed by atoms with Crippen molar-refractivity contribution in [2.45, 2.75) is 13.3 Å². The maximum absolute atomic E-state index is 12.3. The largest absolute Gasteiger partial charge is 0.497 e. The molecule has 4 nitrogen and oxygen atoms in total. The van der Waals surface area contributed by atoms with Crippen molar-refractivity contribution in [3.05, 3.63) is 53.6 Å². The number of ether oxygens (including phenoxy) is 1. The summed E-state index contributed by atoms with van der Waals surface area (Å²) < 4.78 is 5.08. The molecule has 0 aromatic heterocycles. The molecule has 20 heavy (non-hydrogen) atoms. The zero-order valence-electron chi connectivity index (χ0n) is 11.6. The van der Waals surface area contributed by atoms with Gasteiger partial charge in [-0.05, 0) is 30.2 Å². The molecule has 0 saturated heterocycles. The molecule has 0 spiro atoms. The van der Waals surface area contributed by atoms with Gasteiger partial charge in [0.25, 0.3) is 5.91 Å². The highest BCUT2D eigenvalue weighted by Gasteiger charge is 2.11. The van der Waals surface area contributed by atoms with Crippen LogP contribution in [0, 0.1) is 0 Å². The number of nitrogen functional groups attached to an aromatic ring is 1. The van der Waals surface area contributed by atoms with Crippen LogP contribution in [0.15, 0.2) is 42.5 Å². The van der Waals surface area contributed by atoms with Crippen molar-refractivity contribution in [2.24, 2.45) is 0 Å². The quantitative estimate of drug-likeness (QED) is 0.839. The molecule has 0 atom stereocenters. The van der Waals surface area contributed by atoms with Crippen LogP contribution in [0.3, 0.4) is 0 Å². The lowest BCUT2D eigenvalue weighted by atomic mass is 10.0. The average Bonchev–Trinajstić information content (AvgIpc) is 2.49. The third-order valence-corrected chi connectivity index (χ3v) is 3.15. The molecule has 0 bridgehead atoms.